The molecule has 0 N–H and O–H groups in total. The summed E-state index contributed by atoms with van der Waals surface area (Å²) in [5, 5.41) is 11.9. The molecular formula is C12H10F4N2O5. The second kappa shape index (κ2) is 6.36. The van der Waals surface area contributed by atoms with Crippen LogP contribution in [0, 0.1) is 10.1 Å². The zero-order valence-corrected chi connectivity index (χ0v) is 11.4. The Hall–Kier alpha value is -2.43. The number of benzene rings is 1. The summed E-state index contributed by atoms with van der Waals surface area (Å²) in [5.41, 5.74) is -1.25. The van der Waals surface area contributed by atoms with E-state index in [-0.39, 0.29) is 12.1 Å². The average Bonchev–Trinajstić information content (AvgIpc) is 3.00. The van der Waals surface area contributed by atoms with E-state index in [2.05, 4.69) is 4.74 Å². The molecule has 1 heterocycles. The lowest BCUT2D eigenvalue weighted by Crippen LogP contribution is -2.33. The second-order valence-electron chi connectivity index (χ2n) is 4.50. The second-order valence-corrected chi connectivity index (χ2v) is 4.50. The summed E-state index contributed by atoms with van der Waals surface area (Å²) < 4.78 is 53.8. The third-order valence-corrected chi connectivity index (χ3v) is 2.88. The Morgan fingerprint density at radius 1 is 1.43 bits per heavy atom. The van der Waals surface area contributed by atoms with Crippen molar-refractivity contribution >= 4 is 11.6 Å². The lowest BCUT2D eigenvalue weighted by Gasteiger charge is -2.17. The molecule has 0 aliphatic carbocycles. The lowest BCUT2D eigenvalue weighted by molar-refractivity contribution is -0.387. The first-order valence-electron chi connectivity index (χ1n) is 6.30. The molecule has 0 spiro atoms. The van der Waals surface area contributed by atoms with Crippen molar-refractivity contribution in [1.82, 2.24) is 5.06 Å². The molecule has 1 aliphatic heterocycles. The number of hydrogen-bond acceptors (Lipinski definition) is 5. The van der Waals surface area contributed by atoms with Gasteiger partial charge in [-0.25, -0.2) is 5.06 Å². The van der Waals surface area contributed by atoms with Crippen LogP contribution in [0.25, 0.3) is 0 Å². The van der Waals surface area contributed by atoms with E-state index in [9.17, 15) is 32.5 Å². The summed E-state index contributed by atoms with van der Waals surface area (Å²) >= 11 is 0. The van der Waals surface area contributed by atoms with Crippen LogP contribution in [0.1, 0.15) is 16.8 Å². The van der Waals surface area contributed by atoms with Gasteiger partial charge in [-0.1, -0.05) is 0 Å². The van der Waals surface area contributed by atoms with E-state index in [1.807, 2.05) is 0 Å². The van der Waals surface area contributed by atoms with Crippen LogP contribution in [0.3, 0.4) is 0 Å². The largest absolute Gasteiger partial charge is 0.461 e. The predicted octanol–water partition coefficient (Wildman–Crippen LogP) is 2.61. The first-order chi connectivity index (χ1) is 10.7. The van der Waals surface area contributed by atoms with Gasteiger partial charge in [-0.15, -0.1) is 0 Å². The first kappa shape index (κ1) is 16.9. The third-order valence-electron chi connectivity index (χ3n) is 2.88. The summed E-state index contributed by atoms with van der Waals surface area (Å²) in [4.78, 5) is 26.8. The number of ether oxygens (including phenoxy) is 1. The van der Waals surface area contributed by atoms with Crippen molar-refractivity contribution in [3.05, 3.63) is 33.9 Å². The molecule has 1 aliphatic rings. The predicted molar refractivity (Wildman–Crippen MR) is 66.3 cm³/mol. The Morgan fingerprint density at radius 3 is 2.65 bits per heavy atom. The number of nitrogens with zero attached hydrogens (tertiary/aromatic N) is 2. The Balaban J connectivity index is 2.31. The molecule has 7 nitrogen and oxygen atoms in total. The van der Waals surface area contributed by atoms with Gasteiger partial charge in [0, 0.05) is 11.6 Å². The molecule has 1 amide bonds. The number of alkyl halides is 4. The number of rotatable bonds is 5. The van der Waals surface area contributed by atoms with E-state index in [1.165, 1.54) is 0 Å². The highest BCUT2D eigenvalue weighted by Crippen LogP contribution is 2.35. The van der Waals surface area contributed by atoms with Crippen LogP contribution in [-0.4, -0.2) is 41.6 Å². The van der Waals surface area contributed by atoms with Crippen LogP contribution in [-0.2, 0) is 4.84 Å². The molecule has 11 heteroatoms. The number of amides is 1. The van der Waals surface area contributed by atoms with Gasteiger partial charge in [-0.3, -0.25) is 19.7 Å². The van der Waals surface area contributed by atoms with Crippen LogP contribution in [0.2, 0.25) is 0 Å². The molecule has 23 heavy (non-hydrogen) atoms. The smallest absolute Gasteiger partial charge is 0.421 e. The molecule has 0 radical (unpaired) electrons. The SMILES string of the molecule is O=C(c1ccc(OC(F)(F)C(F)F)c([N+](=O)[O-])c1)N1CCCO1. The Morgan fingerprint density at radius 2 is 2.13 bits per heavy atom. The highest BCUT2D eigenvalue weighted by Gasteiger charge is 2.45. The van der Waals surface area contributed by atoms with Crippen LogP contribution < -0.4 is 4.74 Å². The van der Waals surface area contributed by atoms with E-state index in [0.29, 0.717) is 25.2 Å². The summed E-state index contributed by atoms with van der Waals surface area (Å²) in [7, 11) is 0. The van der Waals surface area contributed by atoms with Gasteiger partial charge in [0.1, 0.15) is 0 Å². The zero-order valence-electron chi connectivity index (χ0n) is 11.4. The van der Waals surface area contributed by atoms with Gasteiger partial charge >= 0.3 is 18.2 Å². The Bertz CT molecular complexity index is 619. The van der Waals surface area contributed by atoms with E-state index in [4.69, 9.17) is 4.84 Å². The Kier molecular flexibility index (Phi) is 4.68. The van der Waals surface area contributed by atoms with Gasteiger partial charge in [-0.2, -0.15) is 17.6 Å². The Labute approximate surface area is 126 Å². The van der Waals surface area contributed by atoms with Gasteiger partial charge in [0.25, 0.3) is 5.91 Å². The molecule has 126 valence electrons. The van der Waals surface area contributed by atoms with Gasteiger partial charge in [0.05, 0.1) is 18.1 Å². The van der Waals surface area contributed by atoms with Crippen LogP contribution in [0.15, 0.2) is 18.2 Å². The van der Waals surface area contributed by atoms with Gasteiger partial charge in [-0.05, 0) is 18.6 Å². The van der Waals surface area contributed by atoms with E-state index < -0.39 is 34.8 Å². The first-order valence-corrected chi connectivity index (χ1v) is 6.30. The third kappa shape index (κ3) is 3.67. The molecule has 0 aromatic heterocycles. The van der Waals surface area contributed by atoms with Gasteiger partial charge in [0.2, 0.25) is 5.75 Å². The average molecular weight is 338 g/mol. The van der Waals surface area contributed by atoms with E-state index in [0.717, 1.165) is 11.1 Å². The molecule has 0 unspecified atom stereocenters. The van der Waals surface area contributed by atoms with Crippen molar-refractivity contribution in [3.63, 3.8) is 0 Å². The highest BCUT2D eigenvalue weighted by molar-refractivity contribution is 5.94. The summed E-state index contributed by atoms with van der Waals surface area (Å²) in [5.74, 6) is -1.78. The molecular weight excluding hydrogens is 328 g/mol. The maximum Gasteiger partial charge on any atom is 0.461 e. The fourth-order valence-electron chi connectivity index (χ4n) is 1.82. The molecule has 1 saturated heterocycles. The zero-order chi connectivity index (χ0) is 17.2. The molecule has 0 bridgehead atoms. The molecule has 1 aromatic carbocycles. The van der Waals surface area contributed by atoms with Crippen molar-refractivity contribution in [3.8, 4) is 5.75 Å². The molecule has 0 atom stereocenters. The summed E-state index contributed by atoms with van der Waals surface area (Å²) in [6.45, 7) is 0.573. The standard InChI is InChI=1S/C12H10F4N2O5/c13-11(14)12(15,16)23-9-3-2-7(6-8(9)18(20)21)10(19)17-4-1-5-22-17/h2-3,6,11H,1,4-5H2. The number of hydroxylamine groups is 2. The van der Waals surface area contributed by atoms with Gasteiger partial charge in [0.15, 0.2) is 0 Å². The lowest BCUT2D eigenvalue weighted by atomic mass is 10.1. The van der Waals surface area contributed by atoms with Crippen molar-refractivity contribution < 1.29 is 36.9 Å². The number of nitro benzene ring substituents is 1. The van der Waals surface area contributed by atoms with Crippen molar-refractivity contribution in [2.24, 2.45) is 0 Å². The fourth-order valence-corrected chi connectivity index (χ4v) is 1.82. The normalized spacial score (nSPS) is 15.1. The van der Waals surface area contributed by atoms with Crippen molar-refractivity contribution in [1.29, 1.82) is 0 Å². The van der Waals surface area contributed by atoms with Crippen LogP contribution in [0.5, 0.6) is 5.75 Å². The van der Waals surface area contributed by atoms with Crippen LogP contribution in [0.4, 0.5) is 23.2 Å². The summed E-state index contributed by atoms with van der Waals surface area (Å²) in [6, 6.07) is 2.28. The van der Waals surface area contributed by atoms with Crippen molar-refractivity contribution in [2.75, 3.05) is 13.2 Å². The summed E-state index contributed by atoms with van der Waals surface area (Å²) in [6.07, 6.45) is -8.48. The molecule has 2 rings (SSSR count). The van der Waals surface area contributed by atoms with Gasteiger partial charge < -0.3 is 4.74 Å². The monoisotopic (exact) mass is 338 g/mol. The number of nitro groups is 1. The minimum absolute atomic E-state index is 0.216. The molecule has 1 fully saturated rings. The van der Waals surface area contributed by atoms with E-state index >= 15 is 0 Å². The van der Waals surface area contributed by atoms with E-state index in [1.54, 1.807) is 0 Å². The topological polar surface area (TPSA) is 81.9 Å². The van der Waals surface area contributed by atoms with Crippen LogP contribution >= 0.6 is 0 Å². The van der Waals surface area contributed by atoms with Crippen molar-refractivity contribution in [2.45, 2.75) is 19.0 Å². The maximum absolute atomic E-state index is 12.9. The number of carbonyl (C=O) groups is 1. The highest BCUT2D eigenvalue weighted by atomic mass is 19.3. The minimum atomic E-state index is -4.89. The quantitative estimate of drug-likeness (QED) is 0.468. The molecule has 0 saturated carbocycles. The number of carbonyl (C=O) groups excluding carboxylic acids is 1. The molecule has 1 aromatic rings. The number of halogens is 4. The maximum atomic E-state index is 12.9. The fraction of sp³-hybridized carbons (Fsp3) is 0.417. The number of hydrogen-bond donors (Lipinski definition) is 0. The minimum Gasteiger partial charge on any atom is -0.421 e.